The van der Waals surface area contributed by atoms with Crippen molar-refractivity contribution in [2.45, 2.75) is 57.5 Å². The van der Waals surface area contributed by atoms with E-state index in [1.807, 2.05) is 0 Å². The molecule has 0 spiro atoms. The molecule has 4 unspecified atom stereocenters. The molecule has 3 heteroatoms. The molecule has 4 aliphatic rings. The first kappa shape index (κ1) is 11.7. The van der Waals surface area contributed by atoms with E-state index in [1.54, 1.807) is 0 Å². The highest BCUT2D eigenvalue weighted by atomic mass is 16.8. The summed E-state index contributed by atoms with van der Waals surface area (Å²) in [6, 6.07) is 0. The molecular weight excluding hydrogens is 228 g/mol. The lowest BCUT2D eigenvalue weighted by atomic mass is 9.86. The minimum atomic E-state index is -0.297. The van der Waals surface area contributed by atoms with Gasteiger partial charge in [0.1, 0.15) is 0 Å². The van der Waals surface area contributed by atoms with Crippen molar-refractivity contribution in [3.63, 3.8) is 0 Å². The highest BCUT2D eigenvalue weighted by Crippen LogP contribution is 2.70. The molecule has 3 nitrogen and oxygen atoms in total. The predicted octanol–water partition coefficient (Wildman–Crippen LogP) is 2.94. The van der Waals surface area contributed by atoms with Gasteiger partial charge in [-0.2, -0.15) is 0 Å². The van der Waals surface area contributed by atoms with Crippen LogP contribution in [0.15, 0.2) is 0 Å². The second kappa shape index (κ2) is 3.71. The standard InChI is InChI=1S/C15H24O3/c1-3-16-14-7-5-10-9-11-6-8-15(18-14,17-4-2)13(11)12(10)14/h10-13H,3-9H2,1-2H3/t10?,11?,12?,13?,14-,15+. The molecule has 0 aromatic carbocycles. The molecule has 1 aliphatic heterocycles. The van der Waals surface area contributed by atoms with Crippen molar-refractivity contribution in [2.24, 2.45) is 23.7 Å². The van der Waals surface area contributed by atoms with Gasteiger partial charge in [-0.15, -0.1) is 0 Å². The van der Waals surface area contributed by atoms with Gasteiger partial charge in [-0.3, -0.25) is 0 Å². The first-order valence-corrected chi connectivity index (χ1v) is 7.73. The molecule has 4 fully saturated rings. The second-order valence-corrected chi connectivity index (χ2v) is 6.48. The molecule has 1 heterocycles. The van der Waals surface area contributed by atoms with Crippen LogP contribution in [0, 0.1) is 23.7 Å². The SMILES string of the molecule is CCO[C@@]12CCC3CC4CC[C@@](OCC)(O1)C4C32. The predicted molar refractivity (Wildman–Crippen MR) is 66.8 cm³/mol. The Morgan fingerprint density at radius 3 is 1.89 bits per heavy atom. The molecule has 0 bridgehead atoms. The summed E-state index contributed by atoms with van der Waals surface area (Å²) in [6.07, 6.45) is 6.13. The van der Waals surface area contributed by atoms with E-state index in [9.17, 15) is 0 Å². The molecular formula is C15H24O3. The third-order valence-corrected chi connectivity index (χ3v) is 5.87. The minimum Gasteiger partial charge on any atom is -0.350 e. The Bertz CT molecular complexity index is 318. The number of ether oxygens (including phenoxy) is 3. The number of hydrogen-bond donors (Lipinski definition) is 0. The lowest BCUT2D eigenvalue weighted by Gasteiger charge is -2.33. The van der Waals surface area contributed by atoms with E-state index >= 15 is 0 Å². The van der Waals surface area contributed by atoms with E-state index in [2.05, 4.69) is 13.8 Å². The molecule has 0 amide bonds. The Morgan fingerprint density at radius 1 is 0.944 bits per heavy atom. The topological polar surface area (TPSA) is 27.7 Å². The lowest BCUT2D eigenvalue weighted by Crippen LogP contribution is -2.40. The zero-order valence-corrected chi connectivity index (χ0v) is 11.5. The highest BCUT2D eigenvalue weighted by molar-refractivity contribution is 5.15. The summed E-state index contributed by atoms with van der Waals surface area (Å²) >= 11 is 0. The van der Waals surface area contributed by atoms with E-state index in [-0.39, 0.29) is 11.6 Å². The molecule has 0 radical (unpaired) electrons. The van der Waals surface area contributed by atoms with Crippen LogP contribution in [-0.2, 0) is 14.2 Å². The van der Waals surface area contributed by atoms with E-state index in [0.29, 0.717) is 11.8 Å². The fraction of sp³-hybridized carbons (Fsp3) is 1.00. The Labute approximate surface area is 109 Å². The quantitative estimate of drug-likeness (QED) is 0.770. The summed E-state index contributed by atoms with van der Waals surface area (Å²) in [4.78, 5) is 0. The maximum absolute atomic E-state index is 6.52. The van der Waals surface area contributed by atoms with Gasteiger partial charge in [-0.1, -0.05) is 0 Å². The molecule has 0 N–H and O–H groups in total. The Balaban J connectivity index is 1.74. The van der Waals surface area contributed by atoms with Gasteiger partial charge in [-0.05, 0) is 44.9 Å². The van der Waals surface area contributed by atoms with Crippen LogP contribution in [0.2, 0.25) is 0 Å². The van der Waals surface area contributed by atoms with Crippen LogP contribution in [0.3, 0.4) is 0 Å². The monoisotopic (exact) mass is 252 g/mol. The molecule has 0 aromatic rings. The summed E-state index contributed by atoms with van der Waals surface area (Å²) in [5.74, 6) is 2.28. The molecule has 0 aromatic heterocycles. The maximum atomic E-state index is 6.52. The van der Waals surface area contributed by atoms with Gasteiger partial charge in [0.15, 0.2) is 11.6 Å². The zero-order valence-electron chi connectivity index (χ0n) is 11.5. The van der Waals surface area contributed by atoms with E-state index in [1.165, 1.54) is 19.3 Å². The summed E-state index contributed by atoms with van der Waals surface area (Å²) in [7, 11) is 0. The fourth-order valence-electron chi connectivity index (χ4n) is 5.65. The summed E-state index contributed by atoms with van der Waals surface area (Å²) < 4.78 is 18.8. The molecule has 4 rings (SSSR count). The van der Waals surface area contributed by atoms with Gasteiger partial charge in [0.25, 0.3) is 0 Å². The van der Waals surface area contributed by atoms with Gasteiger partial charge in [0.05, 0.1) is 0 Å². The van der Waals surface area contributed by atoms with Crippen LogP contribution >= 0.6 is 0 Å². The van der Waals surface area contributed by atoms with E-state index < -0.39 is 0 Å². The van der Waals surface area contributed by atoms with E-state index in [4.69, 9.17) is 14.2 Å². The Kier molecular flexibility index (Phi) is 2.41. The van der Waals surface area contributed by atoms with Crippen molar-refractivity contribution >= 4 is 0 Å². The highest BCUT2D eigenvalue weighted by Gasteiger charge is 2.74. The van der Waals surface area contributed by atoms with Crippen LogP contribution in [0.5, 0.6) is 0 Å². The van der Waals surface area contributed by atoms with Crippen LogP contribution in [-0.4, -0.2) is 24.8 Å². The van der Waals surface area contributed by atoms with Crippen LogP contribution in [0.1, 0.15) is 46.0 Å². The fourth-order valence-corrected chi connectivity index (χ4v) is 5.65. The van der Waals surface area contributed by atoms with E-state index in [0.717, 1.165) is 37.9 Å². The molecule has 6 atom stereocenters. The molecule has 1 saturated heterocycles. The van der Waals surface area contributed by atoms with Crippen molar-refractivity contribution < 1.29 is 14.2 Å². The molecule has 3 saturated carbocycles. The number of hydrogen-bond acceptors (Lipinski definition) is 3. The van der Waals surface area contributed by atoms with Gasteiger partial charge in [-0.25, -0.2) is 0 Å². The van der Waals surface area contributed by atoms with Crippen molar-refractivity contribution in [1.82, 2.24) is 0 Å². The van der Waals surface area contributed by atoms with Gasteiger partial charge >= 0.3 is 0 Å². The molecule has 102 valence electrons. The average Bonchev–Trinajstić information content (AvgIpc) is 2.99. The van der Waals surface area contributed by atoms with Gasteiger partial charge in [0, 0.05) is 37.9 Å². The summed E-state index contributed by atoms with van der Waals surface area (Å²) in [5, 5.41) is 0. The van der Waals surface area contributed by atoms with Gasteiger partial charge < -0.3 is 14.2 Å². The zero-order chi connectivity index (χ0) is 12.4. The number of rotatable bonds is 4. The molecule has 18 heavy (non-hydrogen) atoms. The largest absolute Gasteiger partial charge is 0.350 e. The smallest absolute Gasteiger partial charge is 0.175 e. The molecule has 3 aliphatic carbocycles. The first-order chi connectivity index (χ1) is 8.75. The van der Waals surface area contributed by atoms with Crippen molar-refractivity contribution in [1.29, 1.82) is 0 Å². The average molecular weight is 252 g/mol. The van der Waals surface area contributed by atoms with Crippen molar-refractivity contribution in [2.75, 3.05) is 13.2 Å². The first-order valence-electron chi connectivity index (χ1n) is 7.73. The van der Waals surface area contributed by atoms with Crippen LogP contribution in [0.4, 0.5) is 0 Å². The minimum absolute atomic E-state index is 0.297. The maximum Gasteiger partial charge on any atom is 0.175 e. The summed E-state index contributed by atoms with van der Waals surface area (Å²) in [6.45, 7) is 5.67. The Hall–Kier alpha value is -0.120. The second-order valence-electron chi connectivity index (χ2n) is 6.48. The normalized spacial score (nSPS) is 56.3. The Morgan fingerprint density at radius 2 is 1.44 bits per heavy atom. The third kappa shape index (κ3) is 1.21. The summed E-state index contributed by atoms with van der Waals surface area (Å²) in [5.41, 5.74) is 0. The van der Waals surface area contributed by atoms with Gasteiger partial charge in [0.2, 0.25) is 0 Å². The van der Waals surface area contributed by atoms with Crippen LogP contribution < -0.4 is 0 Å². The lowest BCUT2D eigenvalue weighted by molar-refractivity contribution is -0.324. The van der Waals surface area contributed by atoms with Crippen LogP contribution in [0.25, 0.3) is 0 Å². The third-order valence-electron chi connectivity index (χ3n) is 5.87. The van der Waals surface area contributed by atoms with Crippen molar-refractivity contribution in [3.05, 3.63) is 0 Å². The van der Waals surface area contributed by atoms with Crippen molar-refractivity contribution in [3.8, 4) is 0 Å².